The van der Waals surface area contributed by atoms with Crippen LogP contribution in [0.2, 0.25) is 0 Å². The minimum Gasteiger partial charge on any atom is -0.478 e. The first kappa shape index (κ1) is 12.8. The van der Waals surface area contributed by atoms with Gasteiger partial charge in [-0.2, -0.15) is 5.10 Å². The van der Waals surface area contributed by atoms with Crippen LogP contribution in [0, 0.1) is 0 Å². The highest BCUT2D eigenvalue weighted by molar-refractivity contribution is 9.10. The molecule has 1 heterocycles. The number of carboxylic acids is 1. The molecular weight excluding hydrogens is 316 g/mol. The van der Waals surface area contributed by atoms with Gasteiger partial charge in [0, 0.05) is 14.7 Å². The van der Waals surface area contributed by atoms with Crippen molar-refractivity contribution in [3.63, 3.8) is 0 Å². The minimum atomic E-state index is -0.937. The van der Waals surface area contributed by atoms with E-state index >= 15 is 0 Å². The van der Waals surface area contributed by atoms with Gasteiger partial charge in [-0.15, -0.1) is 11.3 Å². The molecule has 1 aromatic heterocycles. The molecule has 0 unspecified atom stereocenters. The van der Waals surface area contributed by atoms with Gasteiger partial charge in [-0.25, -0.2) is 4.79 Å². The molecule has 0 atom stereocenters. The van der Waals surface area contributed by atoms with Gasteiger partial charge < -0.3 is 5.11 Å². The van der Waals surface area contributed by atoms with Crippen LogP contribution in [0.15, 0.2) is 45.3 Å². The second kappa shape index (κ2) is 5.79. The lowest BCUT2D eigenvalue weighted by Crippen LogP contribution is -1.96. The number of anilines is 1. The fraction of sp³-hybridized carbons (Fsp3) is 0. The van der Waals surface area contributed by atoms with E-state index < -0.39 is 5.97 Å². The summed E-state index contributed by atoms with van der Waals surface area (Å²) in [6, 6.07) is 8.36. The molecule has 0 spiro atoms. The summed E-state index contributed by atoms with van der Waals surface area (Å²) in [4.78, 5) is 11.7. The Bertz CT molecular complexity index is 578. The average Bonchev–Trinajstić information content (AvgIpc) is 2.76. The van der Waals surface area contributed by atoms with E-state index in [1.807, 2.05) is 11.4 Å². The van der Waals surface area contributed by atoms with Crippen LogP contribution in [0.25, 0.3) is 0 Å². The molecular formula is C12H9BrN2O2S. The number of rotatable bonds is 4. The van der Waals surface area contributed by atoms with Crippen LogP contribution in [-0.4, -0.2) is 17.3 Å². The molecule has 0 fully saturated rings. The van der Waals surface area contributed by atoms with Crippen LogP contribution >= 0.6 is 27.3 Å². The zero-order chi connectivity index (χ0) is 13.0. The third kappa shape index (κ3) is 3.41. The Morgan fingerprint density at radius 3 is 2.67 bits per heavy atom. The van der Waals surface area contributed by atoms with E-state index in [1.165, 1.54) is 12.1 Å². The summed E-state index contributed by atoms with van der Waals surface area (Å²) in [7, 11) is 0. The molecule has 2 aromatic rings. The lowest BCUT2D eigenvalue weighted by Gasteiger charge is -1.99. The molecule has 0 saturated heterocycles. The van der Waals surface area contributed by atoms with Crippen LogP contribution in [0.1, 0.15) is 15.2 Å². The molecule has 0 aliphatic carbocycles. The van der Waals surface area contributed by atoms with Crippen LogP contribution in [0.5, 0.6) is 0 Å². The predicted molar refractivity (Wildman–Crippen MR) is 76.6 cm³/mol. The van der Waals surface area contributed by atoms with Gasteiger partial charge in [-0.05, 0) is 46.3 Å². The standard InChI is InChI=1S/C12H9BrN2O2S/c13-9-5-11(18-7-9)6-14-15-10-3-1-8(2-4-10)12(16)17/h1-7,15H,(H,16,17). The number of nitrogens with zero attached hydrogens (tertiary/aromatic N) is 1. The van der Waals surface area contributed by atoms with Gasteiger partial charge in [-0.1, -0.05) is 0 Å². The molecule has 4 nitrogen and oxygen atoms in total. The number of hydrogen-bond donors (Lipinski definition) is 2. The maximum absolute atomic E-state index is 10.7. The van der Waals surface area contributed by atoms with Crippen molar-refractivity contribution in [2.45, 2.75) is 0 Å². The normalized spacial score (nSPS) is 10.7. The van der Waals surface area contributed by atoms with Gasteiger partial charge in [0.15, 0.2) is 0 Å². The van der Waals surface area contributed by atoms with E-state index in [4.69, 9.17) is 5.11 Å². The van der Waals surface area contributed by atoms with Crippen LogP contribution in [0.3, 0.4) is 0 Å². The molecule has 6 heteroatoms. The minimum absolute atomic E-state index is 0.256. The van der Waals surface area contributed by atoms with E-state index in [0.29, 0.717) is 0 Å². The Kier molecular flexibility index (Phi) is 4.11. The number of carbonyl (C=O) groups is 1. The monoisotopic (exact) mass is 324 g/mol. The Labute approximate surface area is 116 Å². The Balaban J connectivity index is 1.98. The molecule has 92 valence electrons. The molecule has 2 N–H and O–H groups in total. The van der Waals surface area contributed by atoms with E-state index in [2.05, 4.69) is 26.5 Å². The SMILES string of the molecule is O=C(O)c1ccc(NN=Cc2cc(Br)cs2)cc1. The summed E-state index contributed by atoms with van der Waals surface area (Å²) < 4.78 is 1.03. The molecule has 0 saturated carbocycles. The van der Waals surface area contributed by atoms with Gasteiger partial charge >= 0.3 is 5.97 Å². The van der Waals surface area contributed by atoms with Crippen molar-refractivity contribution in [3.05, 3.63) is 50.6 Å². The van der Waals surface area contributed by atoms with Gasteiger partial charge in [0.05, 0.1) is 17.5 Å². The van der Waals surface area contributed by atoms with Crippen LogP contribution in [-0.2, 0) is 0 Å². The van der Waals surface area contributed by atoms with Crippen molar-refractivity contribution < 1.29 is 9.90 Å². The number of hydrogen-bond acceptors (Lipinski definition) is 4. The van der Waals surface area contributed by atoms with Crippen molar-refractivity contribution in [2.24, 2.45) is 5.10 Å². The zero-order valence-corrected chi connectivity index (χ0v) is 11.5. The fourth-order valence-electron chi connectivity index (χ4n) is 1.25. The third-order valence-corrected chi connectivity index (χ3v) is 3.73. The van der Waals surface area contributed by atoms with E-state index in [-0.39, 0.29) is 5.56 Å². The Morgan fingerprint density at radius 1 is 1.39 bits per heavy atom. The molecule has 0 aliphatic rings. The second-order valence-electron chi connectivity index (χ2n) is 3.42. The quantitative estimate of drug-likeness (QED) is 0.666. The Morgan fingerprint density at radius 2 is 2.11 bits per heavy atom. The molecule has 18 heavy (non-hydrogen) atoms. The first-order valence-corrected chi connectivity index (χ1v) is 6.69. The van der Waals surface area contributed by atoms with Gasteiger partial charge in [0.25, 0.3) is 0 Å². The molecule has 0 amide bonds. The van der Waals surface area contributed by atoms with Crippen molar-refractivity contribution in [1.82, 2.24) is 0 Å². The third-order valence-electron chi connectivity index (χ3n) is 2.11. The fourth-order valence-corrected chi connectivity index (χ4v) is 2.56. The second-order valence-corrected chi connectivity index (χ2v) is 5.28. The lowest BCUT2D eigenvalue weighted by atomic mass is 10.2. The highest BCUT2D eigenvalue weighted by Gasteiger charge is 2.00. The van der Waals surface area contributed by atoms with Crippen LogP contribution in [0.4, 0.5) is 5.69 Å². The zero-order valence-electron chi connectivity index (χ0n) is 9.13. The molecule has 1 aromatic carbocycles. The molecule has 0 aliphatic heterocycles. The number of benzene rings is 1. The van der Waals surface area contributed by atoms with E-state index in [9.17, 15) is 4.79 Å². The van der Waals surface area contributed by atoms with Gasteiger partial charge in [0.1, 0.15) is 0 Å². The van der Waals surface area contributed by atoms with Crippen molar-refractivity contribution in [3.8, 4) is 0 Å². The first-order chi connectivity index (χ1) is 8.65. The van der Waals surface area contributed by atoms with E-state index in [0.717, 1.165) is 15.0 Å². The first-order valence-electron chi connectivity index (χ1n) is 5.01. The number of aromatic carboxylic acids is 1. The summed E-state index contributed by atoms with van der Waals surface area (Å²) in [6.45, 7) is 0. The maximum atomic E-state index is 10.7. The summed E-state index contributed by atoms with van der Waals surface area (Å²) in [5, 5.41) is 14.8. The summed E-state index contributed by atoms with van der Waals surface area (Å²) in [5.74, 6) is -0.937. The Hall–Kier alpha value is -1.66. The molecule has 0 radical (unpaired) electrons. The summed E-state index contributed by atoms with van der Waals surface area (Å²) in [6.07, 6.45) is 1.71. The van der Waals surface area contributed by atoms with Crippen LogP contribution < -0.4 is 5.43 Å². The largest absolute Gasteiger partial charge is 0.478 e. The number of nitrogens with one attached hydrogen (secondary N) is 1. The topological polar surface area (TPSA) is 61.7 Å². The summed E-state index contributed by atoms with van der Waals surface area (Å²) in [5.41, 5.74) is 3.84. The number of halogens is 1. The van der Waals surface area contributed by atoms with Gasteiger partial charge in [0.2, 0.25) is 0 Å². The molecule has 2 rings (SSSR count). The van der Waals surface area contributed by atoms with Crippen molar-refractivity contribution >= 4 is 45.1 Å². The highest BCUT2D eigenvalue weighted by Crippen LogP contribution is 2.18. The summed E-state index contributed by atoms with van der Waals surface area (Å²) >= 11 is 4.94. The smallest absolute Gasteiger partial charge is 0.335 e. The predicted octanol–water partition coefficient (Wildman–Crippen LogP) is 3.65. The maximum Gasteiger partial charge on any atom is 0.335 e. The molecule has 0 bridgehead atoms. The number of hydrazone groups is 1. The van der Waals surface area contributed by atoms with E-state index in [1.54, 1.807) is 29.7 Å². The average molecular weight is 325 g/mol. The number of thiophene rings is 1. The lowest BCUT2D eigenvalue weighted by molar-refractivity contribution is 0.0697. The highest BCUT2D eigenvalue weighted by atomic mass is 79.9. The van der Waals surface area contributed by atoms with Gasteiger partial charge in [-0.3, -0.25) is 5.43 Å². The number of carboxylic acid groups (broad SMARTS) is 1. The van der Waals surface area contributed by atoms with Crippen molar-refractivity contribution in [1.29, 1.82) is 0 Å². The van der Waals surface area contributed by atoms with Crippen molar-refractivity contribution in [2.75, 3.05) is 5.43 Å².